The topological polar surface area (TPSA) is 84.3 Å². The van der Waals surface area contributed by atoms with Crippen LogP contribution in [-0.2, 0) is 5.41 Å². The molecular formula is C11H18F3N3O2. The highest BCUT2D eigenvalue weighted by atomic mass is 19.4. The van der Waals surface area contributed by atoms with Gasteiger partial charge in [-0.25, -0.2) is 0 Å². The van der Waals surface area contributed by atoms with Gasteiger partial charge >= 0.3 is 6.18 Å². The van der Waals surface area contributed by atoms with Crippen molar-refractivity contribution < 1.29 is 22.8 Å². The van der Waals surface area contributed by atoms with Crippen LogP contribution in [0.3, 0.4) is 0 Å². The van der Waals surface area contributed by atoms with Crippen LogP contribution < -0.4 is 11.1 Å². The molecule has 1 saturated carbocycles. The number of rotatable bonds is 4. The Morgan fingerprint density at radius 1 is 1.53 bits per heavy atom. The average molecular weight is 281 g/mol. The number of nitrogens with one attached hydrogen (secondary N) is 1. The highest BCUT2D eigenvalue weighted by Gasteiger charge is 2.65. The molecule has 110 valence electrons. The third kappa shape index (κ3) is 3.60. The molecule has 1 fully saturated rings. The van der Waals surface area contributed by atoms with Gasteiger partial charge < -0.3 is 20.7 Å². The van der Waals surface area contributed by atoms with E-state index >= 15 is 0 Å². The Morgan fingerprint density at radius 3 is 2.42 bits per heavy atom. The normalized spacial score (nSPS) is 16.7. The van der Waals surface area contributed by atoms with Crippen molar-refractivity contribution in [1.29, 1.82) is 0 Å². The Morgan fingerprint density at radius 2 is 2.16 bits per heavy atom. The van der Waals surface area contributed by atoms with Crippen LogP contribution in [0.15, 0.2) is 10.8 Å². The molecule has 0 aliphatic heterocycles. The number of anilines is 1. The van der Waals surface area contributed by atoms with Gasteiger partial charge in [0.1, 0.15) is 6.26 Å². The fourth-order valence-corrected chi connectivity index (χ4v) is 1.69. The van der Waals surface area contributed by atoms with Crippen LogP contribution >= 0.6 is 0 Å². The molecule has 5 nitrogen and oxygen atoms in total. The summed E-state index contributed by atoms with van der Waals surface area (Å²) in [5.74, 6) is -0.158. The predicted molar refractivity (Wildman–Crippen MR) is 63.5 cm³/mol. The van der Waals surface area contributed by atoms with Gasteiger partial charge in [-0.05, 0) is 19.4 Å². The maximum absolute atomic E-state index is 12.5. The Balaban J connectivity index is 0.000000258. The predicted octanol–water partition coefficient (Wildman–Crippen LogP) is 1.44. The van der Waals surface area contributed by atoms with E-state index in [1.807, 2.05) is 6.92 Å². The third-order valence-electron chi connectivity index (χ3n) is 2.94. The maximum atomic E-state index is 12.5. The number of alkyl halides is 3. The fourth-order valence-electron chi connectivity index (χ4n) is 1.69. The number of nitrogens with zero attached hydrogens (tertiary/aromatic N) is 1. The van der Waals surface area contributed by atoms with Crippen molar-refractivity contribution in [2.75, 3.05) is 25.4 Å². The van der Waals surface area contributed by atoms with Crippen LogP contribution in [-0.4, -0.2) is 36.1 Å². The number of halogens is 3. The number of likely N-dealkylation sites (N-methyl/N-ethyl adjacent to an activating group) is 1. The van der Waals surface area contributed by atoms with Gasteiger partial charge in [0.15, 0.2) is 5.82 Å². The van der Waals surface area contributed by atoms with Gasteiger partial charge in [0.05, 0.1) is 17.6 Å². The van der Waals surface area contributed by atoms with Crippen LogP contribution in [0.25, 0.3) is 0 Å². The summed E-state index contributed by atoms with van der Waals surface area (Å²) in [5.41, 5.74) is 3.45. The van der Waals surface area contributed by atoms with Crippen molar-refractivity contribution in [3.8, 4) is 0 Å². The molecule has 2 rings (SSSR count). The van der Waals surface area contributed by atoms with Crippen molar-refractivity contribution in [3.63, 3.8) is 0 Å². The lowest BCUT2D eigenvalue weighted by molar-refractivity contribution is -0.160. The first-order chi connectivity index (χ1) is 8.89. The molecule has 0 bridgehead atoms. The Labute approximate surface area is 108 Å². The third-order valence-corrected chi connectivity index (χ3v) is 2.94. The van der Waals surface area contributed by atoms with Gasteiger partial charge in [-0.3, -0.25) is 0 Å². The molecule has 0 saturated heterocycles. The number of aromatic nitrogens is 1. The summed E-state index contributed by atoms with van der Waals surface area (Å²) < 4.78 is 41.9. The van der Waals surface area contributed by atoms with E-state index in [-0.39, 0.29) is 30.8 Å². The van der Waals surface area contributed by atoms with Crippen molar-refractivity contribution in [1.82, 2.24) is 10.5 Å². The maximum Gasteiger partial charge on any atom is 0.398 e. The summed E-state index contributed by atoms with van der Waals surface area (Å²) in [6.45, 7) is 3.92. The molecule has 1 aromatic rings. The zero-order valence-corrected chi connectivity index (χ0v) is 10.6. The summed E-state index contributed by atoms with van der Waals surface area (Å²) in [5, 5.41) is 14.3. The Hall–Kier alpha value is -1.28. The number of aliphatic hydroxyl groups excluding tert-OH is 1. The van der Waals surface area contributed by atoms with Crippen molar-refractivity contribution in [3.05, 3.63) is 11.8 Å². The van der Waals surface area contributed by atoms with Gasteiger partial charge in [-0.1, -0.05) is 12.1 Å². The first-order valence-electron chi connectivity index (χ1n) is 5.97. The lowest BCUT2D eigenvalue weighted by atomic mass is 9.98. The van der Waals surface area contributed by atoms with E-state index in [9.17, 15) is 13.2 Å². The summed E-state index contributed by atoms with van der Waals surface area (Å²) in [6.07, 6.45) is -3.13. The fraction of sp³-hybridized carbons (Fsp3) is 0.727. The molecule has 4 N–H and O–H groups in total. The Bertz CT molecular complexity index is 385. The second-order valence-corrected chi connectivity index (χ2v) is 4.27. The monoisotopic (exact) mass is 281 g/mol. The first kappa shape index (κ1) is 15.8. The molecule has 0 radical (unpaired) electrons. The summed E-state index contributed by atoms with van der Waals surface area (Å²) in [7, 11) is 0. The summed E-state index contributed by atoms with van der Waals surface area (Å²) in [4.78, 5) is 0. The van der Waals surface area contributed by atoms with Crippen LogP contribution in [0.4, 0.5) is 19.0 Å². The van der Waals surface area contributed by atoms with Crippen molar-refractivity contribution in [2.45, 2.75) is 31.4 Å². The van der Waals surface area contributed by atoms with Crippen molar-refractivity contribution in [2.24, 2.45) is 0 Å². The molecule has 0 spiro atoms. The largest absolute Gasteiger partial charge is 0.398 e. The van der Waals surface area contributed by atoms with Gasteiger partial charge in [-0.15, -0.1) is 0 Å². The highest BCUT2D eigenvalue weighted by Crippen LogP contribution is 2.59. The van der Waals surface area contributed by atoms with E-state index in [1.54, 1.807) is 0 Å². The zero-order chi connectivity index (χ0) is 14.5. The zero-order valence-electron chi connectivity index (χ0n) is 10.6. The van der Waals surface area contributed by atoms with E-state index in [4.69, 9.17) is 10.8 Å². The minimum atomic E-state index is -4.26. The SMILES string of the molecule is CCNCCO.Nc1nocc1C1(C(F)(F)F)CC1. The average Bonchev–Trinajstić information content (AvgIpc) is 3.05. The van der Waals surface area contributed by atoms with Gasteiger partial charge in [-0.2, -0.15) is 13.2 Å². The van der Waals surface area contributed by atoms with Crippen LogP contribution in [0.1, 0.15) is 25.3 Å². The quantitative estimate of drug-likeness (QED) is 0.727. The van der Waals surface area contributed by atoms with Crippen LogP contribution in [0.5, 0.6) is 0 Å². The van der Waals surface area contributed by atoms with E-state index in [1.165, 1.54) is 0 Å². The first-order valence-corrected chi connectivity index (χ1v) is 5.97. The Kier molecular flexibility index (Phi) is 5.19. The molecule has 0 aromatic carbocycles. The molecule has 0 unspecified atom stereocenters. The lowest BCUT2D eigenvalue weighted by Crippen LogP contribution is -2.28. The second kappa shape index (κ2) is 6.25. The summed E-state index contributed by atoms with van der Waals surface area (Å²) >= 11 is 0. The van der Waals surface area contributed by atoms with Crippen LogP contribution in [0.2, 0.25) is 0 Å². The number of hydrogen-bond donors (Lipinski definition) is 3. The number of hydrogen-bond acceptors (Lipinski definition) is 5. The number of nitrogens with two attached hydrogens (primary N) is 1. The molecule has 1 heterocycles. The van der Waals surface area contributed by atoms with E-state index in [0.717, 1.165) is 19.4 Å². The molecule has 0 amide bonds. The molecule has 1 aromatic heterocycles. The molecule has 1 aliphatic rings. The lowest BCUT2D eigenvalue weighted by Gasteiger charge is -2.17. The van der Waals surface area contributed by atoms with Crippen molar-refractivity contribution >= 4 is 5.82 Å². The molecule has 19 heavy (non-hydrogen) atoms. The molecule has 1 aliphatic carbocycles. The summed E-state index contributed by atoms with van der Waals surface area (Å²) in [6, 6.07) is 0. The number of aliphatic hydroxyl groups is 1. The number of nitrogen functional groups attached to an aromatic ring is 1. The second-order valence-electron chi connectivity index (χ2n) is 4.27. The molecule has 8 heteroatoms. The molecular weight excluding hydrogens is 263 g/mol. The van der Waals surface area contributed by atoms with E-state index in [2.05, 4.69) is 15.0 Å². The minimum Gasteiger partial charge on any atom is -0.395 e. The highest BCUT2D eigenvalue weighted by molar-refractivity contribution is 5.46. The van der Waals surface area contributed by atoms with Gasteiger partial charge in [0, 0.05) is 6.54 Å². The van der Waals surface area contributed by atoms with E-state index < -0.39 is 11.6 Å². The van der Waals surface area contributed by atoms with Crippen LogP contribution in [0, 0.1) is 0 Å². The smallest absolute Gasteiger partial charge is 0.395 e. The minimum absolute atomic E-state index is 0.0278. The van der Waals surface area contributed by atoms with Gasteiger partial charge in [0.25, 0.3) is 0 Å². The van der Waals surface area contributed by atoms with Gasteiger partial charge in [0.2, 0.25) is 0 Å². The molecule has 0 atom stereocenters. The standard InChI is InChI=1S/C7H7F3N2O.C4H11NO/c8-7(9,10)6(1-2-6)4-3-13-12-5(4)11;1-2-5-3-4-6/h3H,1-2H2,(H2,11,12);5-6H,2-4H2,1H3. The van der Waals surface area contributed by atoms with E-state index in [0.29, 0.717) is 0 Å².